The topological polar surface area (TPSA) is 54.3 Å². The minimum absolute atomic E-state index is 0.000498. The number of fused-ring (bicyclic) bond motifs is 1. The molecule has 1 aliphatic rings. The molecule has 1 N–H and O–H groups in total. The molecule has 5 nitrogen and oxygen atoms in total. The van der Waals surface area contributed by atoms with E-state index in [1.165, 1.54) is 17.0 Å². The van der Waals surface area contributed by atoms with E-state index in [2.05, 4.69) is 21.2 Å². The van der Waals surface area contributed by atoms with Gasteiger partial charge in [0, 0.05) is 28.1 Å². The van der Waals surface area contributed by atoms with Crippen LogP contribution in [0.5, 0.6) is 0 Å². The van der Waals surface area contributed by atoms with Crippen molar-refractivity contribution in [3.8, 4) is 0 Å². The molecule has 1 fully saturated rings. The molecule has 2 heterocycles. The molecular formula is C27H19BrFN3O2S. The van der Waals surface area contributed by atoms with Crippen LogP contribution in [-0.4, -0.2) is 21.5 Å². The molecule has 1 aliphatic heterocycles. The van der Waals surface area contributed by atoms with Crippen LogP contribution in [0.2, 0.25) is 0 Å². The van der Waals surface area contributed by atoms with Crippen molar-refractivity contribution in [2.75, 3.05) is 4.90 Å². The lowest BCUT2D eigenvalue weighted by Crippen LogP contribution is -2.54. The molecule has 35 heavy (non-hydrogen) atoms. The molecule has 0 unspecified atom stereocenters. The third-order valence-corrected chi connectivity index (χ3v) is 6.63. The number of aryl methyl sites for hydroxylation is 1. The molecule has 8 heteroatoms. The van der Waals surface area contributed by atoms with E-state index in [1.54, 1.807) is 18.2 Å². The average molecular weight is 548 g/mol. The van der Waals surface area contributed by atoms with E-state index >= 15 is 0 Å². The lowest BCUT2D eigenvalue weighted by Gasteiger charge is -2.30. The van der Waals surface area contributed by atoms with Gasteiger partial charge in [0.1, 0.15) is 11.4 Å². The Bertz CT molecular complexity index is 1560. The normalized spacial score (nSPS) is 15.2. The maximum atomic E-state index is 13.6. The number of thiocarbonyl (C=S) groups is 1. The van der Waals surface area contributed by atoms with Crippen LogP contribution in [0, 0.1) is 12.7 Å². The molecule has 174 valence electrons. The number of hydrogen-bond donors (Lipinski definition) is 1. The highest BCUT2D eigenvalue weighted by atomic mass is 79.9. The predicted octanol–water partition coefficient (Wildman–Crippen LogP) is 5.73. The molecule has 1 saturated heterocycles. The molecular weight excluding hydrogens is 529 g/mol. The Labute approximate surface area is 215 Å². The lowest BCUT2D eigenvalue weighted by atomic mass is 10.0. The Morgan fingerprint density at radius 1 is 1.06 bits per heavy atom. The fourth-order valence-electron chi connectivity index (χ4n) is 4.19. The maximum absolute atomic E-state index is 13.6. The third kappa shape index (κ3) is 4.54. The van der Waals surface area contributed by atoms with Gasteiger partial charge in [-0.2, -0.15) is 0 Å². The molecule has 5 rings (SSSR count). The number of anilines is 1. The van der Waals surface area contributed by atoms with Gasteiger partial charge in [0.05, 0.1) is 5.69 Å². The number of nitrogens with zero attached hydrogens (tertiary/aromatic N) is 2. The van der Waals surface area contributed by atoms with Crippen molar-refractivity contribution >= 4 is 67.7 Å². The highest BCUT2D eigenvalue weighted by Gasteiger charge is 2.35. The van der Waals surface area contributed by atoms with Crippen LogP contribution in [0.4, 0.5) is 10.1 Å². The molecule has 1 aromatic heterocycles. The smallest absolute Gasteiger partial charge is 0.270 e. The second kappa shape index (κ2) is 9.20. The minimum atomic E-state index is -0.533. The number of hydrogen-bond acceptors (Lipinski definition) is 3. The summed E-state index contributed by atoms with van der Waals surface area (Å²) < 4.78 is 16.5. The minimum Gasteiger partial charge on any atom is -0.343 e. The first kappa shape index (κ1) is 23.1. The first-order valence-electron chi connectivity index (χ1n) is 10.8. The van der Waals surface area contributed by atoms with Crippen LogP contribution < -0.4 is 10.2 Å². The van der Waals surface area contributed by atoms with E-state index in [9.17, 15) is 14.0 Å². The van der Waals surface area contributed by atoms with Gasteiger partial charge in [-0.15, -0.1) is 0 Å². The van der Waals surface area contributed by atoms with E-state index in [0.717, 1.165) is 26.5 Å². The van der Waals surface area contributed by atoms with Gasteiger partial charge in [0.15, 0.2) is 5.11 Å². The zero-order chi connectivity index (χ0) is 24.7. The van der Waals surface area contributed by atoms with Crippen LogP contribution in [0.3, 0.4) is 0 Å². The molecule has 0 saturated carbocycles. The van der Waals surface area contributed by atoms with Crippen molar-refractivity contribution in [3.63, 3.8) is 0 Å². The van der Waals surface area contributed by atoms with Gasteiger partial charge in [-0.05, 0) is 90.4 Å². The number of aromatic nitrogens is 1. The Hall–Kier alpha value is -3.62. The first-order chi connectivity index (χ1) is 16.8. The molecule has 0 radical (unpaired) electrons. The summed E-state index contributed by atoms with van der Waals surface area (Å²) >= 11 is 8.73. The van der Waals surface area contributed by atoms with Gasteiger partial charge in [0.2, 0.25) is 0 Å². The van der Waals surface area contributed by atoms with Crippen molar-refractivity contribution in [2.24, 2.45) is 0 Å². The third-order valence-electron chi connectivity index (χ3n) is 5.85. The molecule has 3 aromatic carbocycles. The second-order valence-corrected chi connectivity index (χ2v) is 9.58. The Balaban J connectivity index is 1.47. The molecule has 0 bridgehead atoms. The van der Waals surface area contributed by atoms with Crippen LogP contribution in [-0.2, 0) is 16.1 Å². The first-order valence-corrected chi connectivity index (χ1v) is 12.0. The van der Waals surface area contributed by atoms with Gasteiger partial charge in [-0.25, -0.2) is 4.39 Å². The van der Waals surface area contributed by atoms with Gasteiger partial charge in [0.25, 0.3) is 11.8 Å². The van der Waals surface area contributed by atoms with Gasteiger partial charge in [-0.3, -0.25) is 19.8 Å². The van der Waals surface area contributed by atoms with Crippen LogP contribution in [0.15, 0.2) is 83.0 Å². The van der Waals surface area contributed by atoms with Gasteiger partial charge in [-0.1, -0.05) is 34.1 Å². The Kier molecular flexibility index (Phi) is 6.08. The number of carbonyl (C=O) groups excluding carboxylic acids is 2. The standard InChI is InChI=1S/C27H19BrFN3O2S/c1-16-11-20(28)6-8-23(16)32-26(34)22(25(33)30-27(32)35)14-17-5-7-24-19(12-17)9-10-31(24)15-18-3-2-4-21(29)13-18/h2-14H,15H2,1H3,(H,30,33,35)/b22-14-. The largest absolute Gasteiger partial charge is 0.343 e. The van der Waals surface area contributed by atoms with Crippen LogP contribution in [0.25, 0.3) is 17.0 Å². The number of benzene rings is 3. The second-order valence-electron chi connectivity index (χ2n) is 8.28. The van der Waals surface area contributed by atoms with E-state index in [4.69, 9.17) is 12.2 Å². The zero-order valence-corrected chi connectivity index (χ0v) is 21.0. The van der Waals surface area contributed by atoms with Crippen LogP contribution in [0.1, 0.15) is 16.7 Å². The summed E-state index contributed by atoms with van der Waals surface area (Å²) in [6.45, 7) is 2.40. The summed E-state index contributed by atoms with van der Waals surface area (Å²) in [5, 5.41) is 3.62. The maximum Gasteiger partial charge on any atom is 0.270 e. The molecule has 0 spiro atoms. The van der Waals surface area contributed by atoms with E-state index in [-0.39, 0.29) is 16.5 Å². The number of nitrogens with one attached hydrogen (secondary N) is 1. The average Bonchev–Trinajstić information content (AvgIpc) is 3.20. The summed E-state index contributed by atoms with van der Waals surface area (Å²) in [5.74, 6) is -1.28. The summed E-state index contributed by atoms with van der Waals surface area (Å²) in [6, 6.07) is 19.6. The summed E-state index contributed by atoms with van der Waals surface area (Å²) in [4.78, 5) is 27.4. The number of amides is 2. The fourth-order valence-corrected chi connectivity index (χ4v) is 4.94. The number of carbonyl (C=O) groups is 2. The Morgan fingerprint density at radius 2 is 1.89 bits per heavy atom. The van der Waals surface area contributed by atoms with Crippen molar-refractivity contribution < 1.29 is 14.0 Å². The summed E-state index contributed by atoms with van der Waals surface area (Å²) in [7, 11) is 0. The summed E-state index contributed by atoms with van der Waals surface area (Å²) in [6.07, 6.45) is 3.51. The fraction of sp³-hybridized carbons (Fsp3) is 0.0741. The van der Waals surface area contributed by atoms with Crippen molar-refractivity contribution in [3.05, 3.63) is 105 Å². The molecule has 4 aromatic rings. The molecule has 0 atom stereocenters. The van der Waals surface area contributed by atoms with Gasteiger partial charge < -0.3 is 4.57 Å². The van der Waals surface area contributed by atoms with E-state index < -0.39 is 11.8 Å². The quantitative estimate of drug-likeness (QED) is 0.201. The van der Waals surface area contributed by atoms with Crippen LogP contribution >= 0.6 is 28.1 Å². The van der Waals surface area contributed by atoms with E-state index in [1.807, 2.05) is 60.2 Å². The SMILES string of the molecule is Cc1cc(Br)ccc1N1C(=O)/C(=C\c2ccc3c(ccn3Cc3cccc(F)c3)c2)C(=O)NC1=S. The van der Waals surface area contributed by atoms with Gasteiger partial charge >= 0.3 is 0 Å². The monoisotopic (exact) mass is 547 g/mol. The molecule has 2 amide bonds. The highest BCUT2D eigenvalue weighted by Crippen LogP contribution is 2.28. The predicted molar refractivity (Wildman–Crippen MR) is 143 cm³/mol. The lowest BCUT2D eigenvalue weighted by molar-refractivity contribution is -0.122. The summed E-state index contributed by atoms with van der Waals surface area (Å²) in [5.41, 5.74) is 3.98. The zero-order valence-electron chi connectivity index (χ0n) is 18.6. The highest BCUT2D eigenvalue weighted by molar-refractivity contribution is 9.10. The van der Waals surface area contributed by atoms with Crippen molar-refractivity contribution in [2.45, 2.75) is 13.5 Å². The number of halogens is 2. The Morgan fingerprint density at radius 3 is 2.66 bits per heavy atom. The van der Waals surface area contributed by atoms with Crippen molar-refractivity contribution in [1.29, 1.82) is 0 Å². The molecule has 0 aliphatic carbocycles. The number of rotatable bonds is 4. The van der Waals surface area contributed by atoms with E-state index in [0.29, 0.717) is 17.8 Å². The van der Waals surface area contributed by atoms with Crippen molar-refractivity contribution in [1.82, 2.24) is 9.88 Å².